The number of hydrogen-bond acceptors (Lipinski definition) is 7. The number of methoxy groups -OCH3 is 1. The van der Waals surface area contributed by atoms with Gasteiger partial charge < -0.3 is 20.2 Å². The number of furan rings is 1. The smallest absolute Gasteiger partial charge is 0.322 e. The van der Waals surface area contributed by atoms with E-state index >= 15 is 0 Å². The van der Waals surface area contributed by atoms with Crippen LogP contribution in [0.25, 0.3) is 11.0 Å². The monoisotopic (exact) mass is 313 g/mol. The summed E-state index contributed by atoms with van der Waals surface area (Å²) in [5.74, 6) is 1.34. The Morgan fingerprint density at radius 2 is 2.04 bits per heavy atom. The van der Waals surface area contributed by atoms with E-state index in [0.717, 1.165) is 28.7 Å². The number of rotatable bonds is 5. The van der Waals surface area contributed by atoms with Gasteiger partial charge in [-0.1, -0.05) is 25.1 Å². The number of ether oxygens (including phenoxy) is 1. The molecular weight excluding hydrogens is 294 g/mol. The molecule has 2 heterocycles. The van der Waals surface area contributed by atoms with E-state index in [2.05, 4.69) is 27.2 Å². The van der Waals surface area contributed by atoms with Crippen molar-refractivity contribution in [2.45, 2.75) is 26.3 Å². The number of nitrogens with one attached hydrogen (secondary N) is 1. The fourth-order valence-electron chi connectivity index (χ4n) is 2.56. The molecule has 0 aliphatic rings. The van der Waals surface area contributed by atoms with Crippen molar-refractivity contribution < 1.29 is 9.15 Å². The average molecular weight is 313 g/mol. The Morgan fingerprint density at radius 3 is 2.74 bits per heavy atom. The molecule has 7 nitrogen and oxygen atoms in total. The van der Waals surface area contributed by atoms with Crippen molar-refractivity contribution >= 4 is 22.9 Å². The van der Waals surface area contributed by atoms with E-state index in [1.165, 1.54) is 7.11 Å². The van der Waals surface area contributed by atoms with E-state index < -0.39 is 0 Å². The summed E-state index contributed by atoms with van der Waals surface area (Å²) in [5, 5.41) is 4.35. The highest BCUT2D eigenvalue weighted by Gasteiger charge is 2.20. The maximum atomic E-state index is 6.01. The lowest BCUT2D eigenvalue weighted by atomic mass is 10.1. The summed E-state index contributed by atoms with van der Waals surface area (Å²) in [6, 6.07) is 8.07. The van der Waals surface area contributed by atoms with Gasteiger partial charge >= 0.3 is 6.01 Å². The van der Waals surface area contributed by atoms with Gasteiger partial charge in [-0.05, 0) is 19.4 Å². The largest absolute Gasteiger partial charge is 0.467 e. The average Bonchev–Trinajstić information content (AvgIpc) is 2.89. The minimum absolute atomic E-state index is 0.0751. The first-order valence-electron chi connectivity index (χ1n) is 7.42. The molecule has 0 radical (unpaired) electrons. The topological polar surface area (TPSA) is 99.1 Å². The molecular formula is C16H19N5O2. The molecule has 3 rings (SSSR count). The van der Waals surface area contributed by atoms with E-state index in [9.17, 15) is 0 Å². The van der Waals surface area contributed by atoms with Crippen molar-refractivity contribution in [1.82, 2.24) is 15.0 Å². The second-order valence-corrected chi connectivity index (χ2v) is 5.20. The number of aromatic nitrogens is 3. The van der Waals surface area contributed by atoms with Crippen molar-refractivity contribution in [3.05, 3.63) is 35.6 Å². The third-order valence-corrected chi connectivity index (χ3v) is 3.72. The molecule has 3 N–H and O–H groups in total. The third-order valence-electron chi connectivity index (χ3n) is 3.72. The van der Waals surface area contributed by atoms with Crippen LogP contribution in [0.5, 0.6) is 6.01 Å². The highest BCUT2D eigenvalue weighted by Crippen LogP contribution is 2.32. The summed E-state index contributed by atoms with van der Waals surface area (Å²) >= 11 is 0. The first-order valence-corrected chi connectivity index (χ1v) is 7.42. The van der Waals surface area contributed by atoms with Crippen LogP contribution in [0.3, 0.4) is 0 Å². The maximum absolute atomic E-state index is 6.01. The Kier molecular flexibility index (Phi) is 4.01. The quantitative estimate of drug-likeness (QED) is 0.746. The Morgan fingerprint density at radius 1 is 1.26 bits per heavy atom. The number of nitrogen functional groups attached to an aromatic ring is 1. The Hall–Kier alpha value is -2.83. The van der Waals surface area contributed by atoms with Crippen molar-refractivity contribution in [1.29, 1.82) is 0 Å². The lowest BCUT2D eigenvalue weighted by molar-refractivity contribution is 0.379. The molecule has 0 spiro atoms. The SMILES string of the molecule is CCC(Nc1nc(N)nc(OC)n1)c1oc2ccccc2c1C. The number of nitrogens with zero attached hydrogens (tertiary/aromatic N) is 3. The standard InChI is InChI=1S/C16H19N5O2/c1-4-11(18-15-19-14(17)20-16(21-15)22-3)13-9(2)10-7-5-6-8-12(10)23-13/h5-8,11H,4H2,1-3H3,(H3,17,18,19,20,21). The highest BCUT2D eigenvalue weighted by molar-refractivity contribution is 5.82. The third kappa shape index (κ3) is 2.90. The fourth-order valence-corrected chi connectivity index (χ4v) is 2.56. The lowest BCUT2D eigenvalue weighted by Crippen LogP contribution is -2.14. The maximum Gasteiger partial charge on any atom is 0.322 e. The Balaban J connectivity index is 1.96. The molecule has 0 fully saturated rings. The van der Waals surface area contributed by atoms with E-state index in [1.54, 1.807) is 0 Å². The van der Waals surface area contributed by atoms with Gasteiger partial charge in [0.2, 0.25) is 11.9 Å². The molecule has 0 amide bonds. The number of benzene rings is 1. The van der Waals surface area contributed by atoms with Crippen molar-refractivity contribution in [3.8, 4) is 6.01 Å². The molecule has 0 bridgehead atoms. The Bertz CT molecular complexity index is 830. The first kappa shape index (κ1) is 15.1. The Labute approximate surface area is 133 Å². The molecule has 0 saturated carbocycles. The second kappa shape index (κ2) is 6.12. The highest BCUT2D eigenvalue weighted by atomic mass is 16.5. The number of hydrogen-bond donors (Lipinski definition) is 2. The summed E-state index contributed by atoms with van der Waals surface area (Å²) in [6.45, 7) is 4.11. The molecule has 120 valence electrons. The zero-order valence-electron chi connectivity index (χ0n) is 13.3. The molecule has 1 aromatic carbocycles. The molecule has 0 aliphatic carbocycles. The second-order valence-electron chi connectivity index (χ2n) is 5.20. The molecule has 7 heteroatoms. The van der Waals surface area contributed by atoms with E-state index in [1.807, 2.05) is 31.2 Å². The predicted molar refractivity (Wildman–Crippen MR) is 88.4 cm³/mol. The minimum Gasteiger partial charge on any atom is -0.467 e. The molecule has 2 aromatic heterocycles. The van der Waals surface area contributed by atoms with E-state index in [4.69, 9.17) is 14.9 Å². The van der Waals surface area contributed by atoms with Gasteiger partial charge in [0.15, 0.2) is 0 Å². The van der Waals surface area contributed by atoms with Crippen LogP contribution in [0.15, 0.2) is 28.7 Å². The van der Waals surface area contributed by atoms with Gasteiger partial charge in [-0.2, -0.15) is 15.0 Å². The number of aryl methyl sites for hydroxylation is 1. The van der Waals surface area contributed by atoms with Gasteiger partial charge in [-0.3, -0.25) is 0 Å². The zero-order valence-corrected chi connectivity index (χ0v) is 13.3. The van der Waals surface area contributed by atoms with E-state index in [0.29, 0.717) is 5.95 Å². The molecule has 3 aromatic rings. The fraction of sp³-hybridized carbons (Fsp3) is 0.312. The van der Waals surface area contributed by atoms with Gasteiger partial charge in [-0.25, -0.2) is 0 Å². The van der Waals surface area contributed by atoms with Gasteiger partial charge in [-0.15, -0.1) is 0 Å². The zero-order chi connectivity index (χ0) is 16.4. The van der Waals surface area contributed by atoms with Crippen molar-refractivity contribution in [3.63, 3.8) is 0 Å². The molecule has 0 saturated heterocycles. The van der Waals surface area contributed by atoms with Crippen LogP contribution in [-0.2, 0) is 0 Å². The van der Waals surface area contributed by atoms with Crippen LogP contribution >= 0.6 is 0 Å². The van der Waals surface area contributed by atoms with Crippen LogP contribution in [0, 0.1) is 6.92 Å². The summed E-state index contributed by atoms with van der Waals surface area (Å²) in [7, 11) is 1.49. The molecule has 23 heavy (non-hydrogen) atoms. The molecule has 0 aliphatic heterocycles. The van der Waals surface area contributed by atoms with E-state index in [-0.39, 0.29) is 18.0 Å². The molecule has 1 atom stereocenters. The number of fused-ring (bicyclic) bond motifs is 1. The molecule has 1 unspecified atom stereocenters. The number of anilines is 2. The van der Waals surface area contributed by atoms with Crippen LogP contribution in [0.2, 0.25) is 0 Å². The lowest BCUT2D eigenvalue weighted by Gasteiger charge is -2.16. The minimum atomic E-state index is -0.0751. The normalized spacial score (nSPS) is 12.3. The van der Waals surface area contributed by atoms with Gasteiger partial charge in [0, 0.05) is 10.9 Å². The van der Waals surface area contributed by atoms with Crippen LogP contribution < -0.4 is 15.8 Å². The van der Waals surface area contributed by atoms with Crippen molar-refractivity contribution in [2.24, 2.45) is 0 Å². The summed E-state index contributed by atoms with van der Waals surface area (Å²) < 4.78 is 11.0. The summed E-state index contributed by atoms with van der Waals surface area (Å²) in [5.41, 5.74) is 7.65. The van der Waals surface area contributed by atoms with Crippen LogP contribution in [-0.4, -0.2) is 22.1 Å². The summed E-state index contributed by atoms with van der Waals surface area (Å²) in [6.07, 6.45) is 0.800. The predicted octanol–water partition coefficient (Wildman–Crippen LogP) is 3.08. The first-order chi connectivity index (χ1) is 11.1. The van der Waals surface area contributed by atoms with Gasteiger partial charge in [0.1, 0.15) is 11.3 Å². The number of para-hydroxylation sites is 1. The number of nitrogens with two attached hydrogens (primary N) is 1. The summed E-state index contributed by atoms with van der Waals surface area (Å²) in [4.78, 5) is 12.2. The van der Waals surface area contributed by atoms with Crippen molar-refractivity contribution in [2.75, 3.05) is 18.2 Å². The van der Waals surface area contributed by atoms with Crippen LogP contribution in [0.1, 0.15) is 30.7 Å². The van der Waals surface area contributed by atoms with Gasteiger partial charge in [0.05, 0.1) is 13.2 Å². The van der Waals surface area contributed by atoms with Gasteiger partial charge in [0.25, 0.3) is 0 Å². The van der Waals surface area contributed by atoms with Crippen LogP contribution in [0.4, 0.5) is 11.9 Å².